The van der Waals surface area contributed by atoms with E-state index in [0.29, 0.717) is 18.1 Å². The fourth-order valence-corrected chi connectivity index (χ4v) is 1.77. The molecule has 5 N–H and O–H groups in total. The molecule has 0 saturated heterocycles. The minimum atomic E-state index is -0.120. The number of rotatable bonds is 7. The van der Waals surface area contributed by atoms with Gasteiger partial charge in [-0.05, 0) is 35.0 Å². The number of hydrogen-bond donors (Lipinski definition) is 3. The van der Waals surface area contributed by atoms with Crippen LogP contribution in [0.3, 0.4) is 0 Å². The Balaban J connectivity index is 3.05. The van der Waals surface area contributed by atoms with Crippen LogP contribution in [0.5, 0.6) is 11.5 Å². The van der Waals surface area contributed by atoms with Gasteiger partial charge in [0.05, 0.1) is 19.4 Å². The van der Waals surface area contributed by atoms with Crippen molar-refractivity contribution in [2.24, 2.45) is 21.7 Å². The molecule has 0 spiro atoms. The van der Waals surface area contributed by atoms with E-state index >= 15 is 0 Å². The first-order valence-electron chi connectivity index (χ1n) is 5.90. The molecule has 0 bridgehead atoms. The smallest absolute Gasteiger partial charge is 0.211 e. The van der Waals surface area contributed by atoms with E-state index in [1.165, 1.54) is 6.21 Å². The van der Waals surface area contributed by atoms with Crippen molar-refractivity contribution in [2.75, 3.05) is 19.8 Å². The summed E-state index contributed by atoms with van der Waals surface area (Å²) in [5, 5.41) is 16.1. The van der Waals surface area contributed by atoms with Gasteiger partial charge in [0.2, 0.25) is 5.96 Å². The zero-order valence-corrected chi connectivity index (χ0v) is 12.6. The zero-order valence-electron chi connectivity index (χ0n) is 11.0. The minimum absolute atomic E-state index is 0.0725. The summed E-state index contributed by atoms with van der Waals surface area (Å²) >= 11 is 3.39. The van der Waals surface area contributed by atoms with Gasteiger partial charge in [-0.2, -0.15) is 5.10 Å². The van der Waals surface area contributed by atoms with Crippen LogP contribution in [-0.2, 0) is 0 Å². The summed E-state index contributed by atoms with van der Waals surface area (Å²) in [5.74, 6) is 0.965. The summed E-state index contributed by atoms with van der Waals surface area (Å²) in [4.78, 5) is 0. The number of benzene rings is 1. The van der Waals surface area contributed by atoms with Crippen LogP contribution in [0.2, 0.25) is 0 Å². The second kappa shape index (κ2) is 8.39. The van der Waals surface area contributed by atoms with Crippen molar-refractivity contribution in [2.45, 2.75) is 6.92 Å². The summed E-state index contributed by atoms with van der Waals surface area (Å²) in [6.07, 6.45) is 1.49. The number of nitrogens with two attached hydrogens (primary N) is 2. The van der Waals surface area contributed by atoms with E-state index in [9.17, 15) is 0 Å². The summed E-state index contributed by atoms with van der Waals surface area (Å²) in [6, 6.07) is 3.48. The predicted octanol–water partition coefficient (Wildman–Crippen LogP) is 0.826. The van der Waals surface area contributed by atoms with E-state index in [1.54, 1.807) is 12.1 Å². The summed E-state index contributed by atoms with van der Waals surface area (Å²) < 4.78 is 11.6. The van der Waals surface area contributed by atoms with E-state index in [0.717, 1.165) is 10.0 Å². The standard InChI is InChI=1S/C12H17BrN4O3/c1-2-19-10-5-8(7-16-17-12(14)15)9(13)6-11(10)20-4-3-18/h5-7,18H,2-4H2,1H3,(H4,14,15,17). The Morgan fingerprint density at radius 3 is 2.65 bits per heavy atom. The molecule has 0 aliphatic carbocycles. The summed E-state index contributed by atoms with van der Waals surface area (Å²) in [6.45, 7) is 2.47. The van der Waals surface area contributed by atoms with Crippen LogP contribution < -0.4 is 20.9 Å². The highest BCUT2D eigenvalue weighted by Gasteiger charge is 2.09. The third-order valence-electron chi connectivity index (χ3n) is 2.08. The molecule has 1 rings (SSSR count). The number of nitrogens with zero attached hydrogens (tertiary/aromatic N) is 2. The Hall–Kier alpha value is -1.80. The Morgan fingerprint density at radius 2 is 2.05 bits per heavy atom. The molecule has 8 heteroatoms. The predicted molar refractivity (Wildman–Crippen MR) is 81.3 cm³/mol. The molecule has 110 valence electrons. The second-order valence-electron chi connectivity index (χ2n) is 3.59. The molecule has 1 aromatic rings. The molecule has 0 unspecified atom stereocenters. The van der Waals surface area contributed by atoms with Gasteiger partial charge in [0.1, 0.15) is 6.61 Å². The van der Waals surface area contributed by atoms with E-state index in [4.69, 9.17) is 26.0 Å². The van der Waals surface area contributed by atoms with Crippen molar-refractivity contribution in [3.63, 3.8) is 0 Å². The molecule has 0 aromatic heterocycles. The van der Waals surface area contributed by atoms with Gasteiger partial charge in [0.15, 0.2) is 11.5 Å². The SMILES string of the molecule is CCOc1cc(C=NN=C(N)N)c(Br)cc1OCCO. The average Bonchev–Trinajstić information content (AvgIpc) is 2.40. The number of aliphatic hydroxyl groups excluding tert-OH is 1. The normalized spacial score (nSPS) is 10.6. The highest BCUT2D eigenvalue weighted by atomic mass is 79.9. The van der Waals surface area contributed by atoms with Crippen LogP contribution in [0.4, 0.5) is 0 Å². The van der Waals surface area contributed by atoms with Crippen molar-refractivity contribution >= 4 is 28.1 Å². The fourth-order valence-electron chi connectivity index (χ4n) is 1.34. The van der Waals surface area contributed by atoms with Gasteiger partial charge in [-0.25, -0.2) is 0 Å². The van der Waals surface area contributed by atoms with Crippen LogP contribution in [0.15, 0.2) is 26.8 Å². The molecule has 0 heterocycles. The fraction of sp³-hybridized carbons (Fsp3) is 0.333. The maximum atomic E-state index is 8.80. The number of halogens is 1. The van der Waals surface area contributed by atoms with E-state index in [1.807, 2.05) is 6.92 Å². The molecule has 0 radical (unpaired) electrons. The number of ether oxygens (including phenoxy) is 2. The van der Waals surface area contributed by atoms with Crippen LogP contribution in [-0.4, -0.2) is 37.1 Å². The summed E-state index contributed by atoms with van der Waals surface area (Å²) in [5.41, 5.74) is 11.1. The molecule has 0 atom stereocenters. The second-order valence-corrected chi connectivity index (χ2v) is 4.45. The van der Waals surface area contributed by atoms with E-state index in [-0.39, 0.29) is 19.2 Å². The Kier molecular flexibility index (Phi) is 6.82. The van der Waals surface area contributed by atoms with E-state index in [2.05, 4.69) is 26.1 Å². The van der Waals surface area contributed by atoms with Crippen LogP contribution in [0.1, 0.15) is 12.5 Å². The largest absolute Gasteiger partial charge is 0.490 e. The van der Waals surface area contributed by atoms with Gasteiger partial charge in [-0.3, -0.25) is 0 Å². The first-order valence-corrected chi connectivity index (χ1v) is 6.69. The van der Waals surface area contributed by atoms with Crippen molar-refractivity contribution < 1.29 is 14.6 Å². The Morgan fingerprint density at radius 1 is 1.35 bits per heavy atom. The van der Waals surface area contributed by atoms with Gasteiger partial charge >= 0.3 is 0 Å². The quantitative estimate of drug-likeness (QED) is 0.385. The molecular weight excluding hydrogens is 328 g/mol. The van der Waals surface area contributed by atoms with Crippen molar-refractivity contribution in [1.82, 2.24) is 0 Å². The lowest BCUT2D eigenvalue weighted by molar-refractivity contribution is 0.194. The topological polar surface area (TPSA) is 115 Å². The Bertz CT molecular complexity index is 502. The summed E-state index contributed by atoms with van der Waals surface area (Å²) in [7, 11) is 0. The molecule has 0 amide bonds. The van der Waals surface area contributed by atoms with Crippen molar-refractivity contribution in [1.29, 1.82) is 0 Å². The van der Waals surface area contributed by atoms with Gasteiger partial charge in [0, 0.05) is 10.0 Å². The molecule has 20 heavy (non-hydrogen) atoms. The molecule has 0 fully saturated rings. The van der Waals surface area contributed by atoms with E-state index < -0.39 is 0 Å². The maximum absolute atomic E-state index is 8.80. The molecule has 0 aliphatic rings. The van der Waals surface area contributed by atoms with Crippen molar-refractivity contribution in [3.05, 3.63) is 22.2 Å². The molecule has 0 aliphatic heterocycles. The highest BCUT2D eigenvalue weighted by Crippen LogP contribution is 2.33. The van der Waals surface area contributed by atoms with Crippen LogP contribution >= 0.6 is 15.9 Å². The first kappa shape index (κ1) is 16.3. The third kappa shape index (κ3) is 5.06. The monoisotopic (exact) mass is 344 g/mol. The number of guanidine groups is 1. The molecule has 7 nitrogen and oxygen atoms in total. The number of aliphatic hydroxyl groups is 1. The third-order valence-corrected chi connectivity index (χ3v) is 2.77. The molecule has 0 saturated carbocycles. The average molecular weight is 345 g/mol. The number of hydrogen-bond acceptors (Lipinski definition) is 5. The first-order chi connectivity index (χ1) is 9.58. The highest BCUT2D eigenvalue weighted by molar-refractivity contribution is 9.10. The molecular formula is C12H17BrN4O3. The lowest BCUT2D eigenvalue weighted by Gasteiger charge is -2.13. The van der Waals surface area contributed by atoms with Crippen LogP contribution in [0.25, 0.3) is 0 Å². The maximum Gasteiger partial charge on any atom is 0.211 e. The minimum Gasteiger partial charge on any atom is -0.490 e. The van der Waals surface area contributed by atoms with Gasteiger partial charge in [0.25, 0.3) is 0 Å². The van der Waals surface area contributed by atoms with Crippen molar-refractivity contribution in [3.8, 4) is 11.5 Å². The zero-order chi connectivity index (χ0) is 15.0. The lowest BCUT2D eigenvalue weighted by Crippen LogP contribution is -2.21. The lowest BCUT2D eigenvalue weighted by atomic mass is 10.2. The van der Waals surface area contributed by atoms with Gasteiger partial charge in [-0.15, -0.1) is 5.10 Å². The molecule has 1 aromatic carbocycles. The Labute approximate surface area is 125 Å². The van der Waals surface area contributed by atoms with Gasteiger partial charge < -0.3 is 26.0 Å². The van der Waals surface area contributed by atoms with Gasteiger partial charge in [-0.1, -0.05) is 0 Å². The van der Waals surface area contributed by atoms with Crippen LogP contribution in [0, 0.1) is 0 Å².